The summed E-state index contributed by atoms with van der Waals surface area (Å²) in [6.45, 7) is 2.47. The van der Waals surface area contributed by atoms with E-state index in [0.29, 0.717) is 20.5 Å². The minimum absolute atomic E-state index is 0.0501. The molecule has 26 heavy (non-hydrogen) atoms. The van der Waals surface area contributed by atoms with E-state index in [1.165, 1.54) is 35.2 Å². The summed E-state index contributed by atoms with van der Waals surface area (Å²) in [5, 5.41) is 2.15. The van der Waals surface area contributed by atoms with Gasteiger partial charge in [0, 0.05) is 11.4 Å². The number of ether oxygens (including phenoxy) is 2. The number of carbonyl (C=O) groups is 1. The van der Waals surface area contributed by atoms with Crippen LogP contribution in [0.5, 0.6) is 5.75 Å². The molecule has 0 spiro atoms. The summed E-state index contributed by atoms with van der Waals surface area (Å²) in [5.41, 5.74) is 0.814. The fourth-order valence-electron chi connectivity index (χ4n) is 2.00. The van der Waals surface area contributed by atoms with Gasteiger partial charge < -0.3 is 14.5 Å². The van der Waals surface area contributed by atoms with Crippen LogP contribution in [0.2, 0.25) is 0 Å². The number of carbonyl (C=O) groups excluding carboxylic acids is 1. The largest absolute Gasteiger partial charge is 0.455 e. The Hall–Kier alpha value is -2.20. The van der Waals surface area contributed by atoms with Gasteiger partial charge in [0.2, 0.25) is 0 Å². The molecule has 1 N–H and O–H groups in total. The van der Waals surface area contributed by atoms with E-state index in [1.807, 2.05) is 0 Å². The second kappa shape index (κ2) is 7.20. The number of aromatic amines is 1. The molecule has 6 nitrogen and oxygen atoms in total. The van der Waals surface area contributed by atoms with Crippen molar-refractivity contribution < 1.29 is 23.0 Å². The lowest BCUT2D eigenvalue weighted by molar-refractivity contribution is -0.0497. The van der Waals surface area contributed by atoms with Crippen molar-refractivity contribution in [3.63, 3.8) is 0 Å². The zero-order valence-electron chi connectivity index (χ0n) is 14.1. The molecule has 3 aromatic rings. The SMILES string of the molecule is CC(C)(C)OC(=O)c1csc(Sc2nc3ccc(OC(F)F)cc3[nH]2)n1. The van der Waals surface area contributed by atoms with Gasteiger partial charge in [-0.15, -0.1) is 11.3 Å². The van der Waals surface area contributed by atoms with Crippen LogP contribution in [0.25, 0.3) is 11.0 Å². The van der Waals surface area contributed by atoms with Gasteiger partial charge in [-0.25, -0.2) is 14.8 Å². The third-order valence-corrected chi connectivity index (χ3v) is 4.76. The quantitative estimate of drug-likeness (QED) is 0.625. The molecule has 10 heteroatoms. The van der Waals surface area contributed by atoms with Gasteiger partial charge in [0.1, 0.15) is 11.4 Å². The second-order valence-corrected chi connectivity index (χ2v) is 8.30. The highest BCUT2D eigenvalue weighted by atomic mass is 32.2. The molecule has 2 heterocycles. The fourth-order valence-corrected chi connectivity index (χ4v) is 3.70. The van der Waals surface area contributed by atoms with Crippen molar-refractivity contribution in [3.05, 3.63) is 29.3 Å². The van der Waals surface area contributed by atoms with Gasteiger partial charge in [-0.05, 0) is 44.7 Å². The molecule has 138 valence electrons. The number of nitrogens with zero attached hydrogens (tertiary/aromatic N) is 2. The van der Waals surface area contributed by atoms with E-state index in [0.717, 1.165) is 0 Å². The maximum absolute atomic E-state index is 12.3. The van der Waals surface area contributed by atoms with E-state index in [4.69, 9.17) is 4.74 Å². The summed E-state index contributed by atoms with van der Waals surface area (Å²) in [7, 11) is 0. The average Bonchev–Trinajstić information content (AvgIpc) is 3.11. The van der Waals surface area contributed by atoms with Gasteiger partial charge in [-0.3, -0.25) is 0 Å². The van der Waals surface area contributed by atoms with Gasteiger partial charge in [0.25, 0.3) is 0 Å². The summed E-state index contributed by atoms with van der Waals surface area (Å²) in [4.78, 5) is 23.6. The summed E-state index contributed by atoms with van der Waals surface area (Å²) in [6.07, 6.45) is 0. The second-order valence-electron chi connectivity index (χ2n) is 6.20. The molecule has 0 bridgehead atoms. The predicted octanol–water partition coefficient (Wildman–Crippen LogP) is 4.73. The molecule has 0 saturated carbocycles. The number of esters is 1. The molecule has 2 aromatic heterocycles. The highest BCUT2D eigenvalue weighted by Gasteiger charge is 2.20. The van der Waals surface area contributed by atoms with Crippen LogP contribution < -0.4 is 4.74 Å². The first-order valence-electron chi connectivity index (χ1n) is 7.51. The van der Waals surface area contributed by atoms with Crippen LogP contribution in [0.4, 0.5) is 8.78 Å². The Morgan fingerprint density at radius 3 is 2.77 bits per heavy atom. The lowest BCUT2D eigenvalue weighted by Gasteiger charge is -2.18. The van der Waals surface area contributed by atoms with E-state index in [9.17, 15) is 13.6 Å². The summed E-state index contributed by atoms with van der Waals surface area (Å²) < 4.78 is 34.8. The van der Waals surface area contributed by atoms with E-state index in [1.54, 1.807) is 32.2 Å². The average molecular weight is 399 g/mol. The van der Waals surface area contributed by atoms with Crippen LogP contribution in [0.15, 0.2) is 33.1 Å². The van der Waals surface area contributed by atoms with Gasteiger partial charge in [0.15, 0.2) is 15.2 Å². The molecule has 0 radical (unpaired) electrons. The Labute approximate surface area is 155 Å². The van der Waals surface area contributed by atoms with Crippen LogP contribution in [0.3, 0.4) is 0 Å². The number of hydrogen-bond donors (Lipinski definition) is 1. The highest BCUT2D eigenvalue weighted by Crippen LogP contribution is 2.31. The van der Waals surface area contributed by atoms with Gasteiger partial charge in [-0.2, -0.15) is 8.78 Å². The van der Waals surface area contributed by atoms with Crippen LogP contribution in [0.1, 0.15) is 31.3 Å². The summed E-state index contributed by atoms with van der Waals surface area (Å²) >= 11 is 2.52. The molecule has 0 unspecified atom stereocenters. The van der Waals surface area contributed by atoms with Crippen molar-refractivity contribution in [1.82, 2.24) is 15.0 Å². The molecular weight excluding hydrogens is 384 g/mol. The number of benzene rings is 1. The number of alkyl halides is 2. The number of thiazole rings is 1. The number of halogens is 2. The van der Waals surface area contributed by atoms with Crippen molar-refractivity contribution in [1.29, 1.82) is 0 Å². The van der Waals surface area contributed by atoms with Crippen LogP contribution in [-0.2, 0) is 4.74 Å². The highest BCUT2D eigenvalue weighted by molar-refractivity contribution is 8.00. The number of aromatic nitrogens is 3. The number of H-pyrrole nitrogens is 1. The normalized spacial score (nSPS) is 11.9. The van der Waals surface area contributed by atoms with Crippen LogP contribution in [0, 0.1) is 0 Å². The van der Waals surface area contributed by atoms with Crippen molar-refractivity contribution in [2.75, 3.05) is 0 Å². The standard InChI is InChI=1S/C16H15F2N3O3S2/c1-16(2,3)24-12(22)11-7-25-15(21-11)26-14-19-9-5-4-8(23-13(17)18)6-10(9)20-14/h4-7,13H,1-3H3,(H,19,20). The molecule has 0 aliphatic carbocycles. The van der Waals surface area contributed by atoms with E-state index >= 15 is 0 Å². The van der Waals surface area contributed by atoms with Crippen LogP contribution >= 0.6 is 23.1 Å². The molecule has 1 aromatic carbocycles. The first kappa shape index (κ1) is 18.6. The molecule has 0 aliphatic rings. The van der Waals surface area contributed by atoms with E-state index in [2.05, 4.69) is 19.7 Å². The van der Waals surface area contributed by atoms with Crippen molar-refractivity contribution in [2.45, 2.75) is 42.5 Å². The minimum Gasteiger partial charge on any atom is -0.455 e. The Morgan fingerprint density at radius 1 is 1.31 bits per heavy atom. The predicted molar refractivity (Wildman–Crippen MR) is 94.1 cm³/mol. The van der Waals surface area contributed by atoms with E-state index in [-0.39, 0.29) is 11.4 Å². The third kappa shape index (κ3) is 4.70. The zero-order chi connectivity index (χ0) is 18.9. The lowest BCUT2D eigenvalue weighted by atomic mass is 10.2. The fraction of sp³-hybridized carbons (Fsp3) is 0.312. The first-order valence-corrected chi connectivity index (χ1v) is 9.20. The molecule has 0 fully saturated rings. The smallest absolute Gasteiger partial charge is 0.387 e. The number of imidazole rings is 1. The molecule has 0 amide bonds. The van der Waals surface area contributed by atoms with Gasteiger partial charge in [-0.1, -0.05) is 0 Å². The minimum atomic E-state index is -2.88. The molecular formula is C16H15F2N3O3S2. The van der Waals surface area contributed by atoms with Crippen molar-refractivity contribution in [3.8, 4) is 5.75 Å². The molecule has 0 aliphatic heterocycles. The lowest BCUT2D eigenvalue weighted by Crippen LogP contribution is -2.24. The Balaban J connectivity index is 1.74. The maximum atomic E-state index is 12.3. The van der Waals surface area contributed by atoms with Crippen molar-refractivity contribution >= 4 is 40.1 Å². The van der Waals surface area contributed by atoms with Crippen LogP contribution in [-0.4, -0.2) is 33.1 Å². The summed E-state index contributed by atoms with van der Waals surface area (Å²) in [5.74, 6) is -0.437. The number of nitrogens with one attached hydrogen (secondary N) is 1. The number of rotatable bonds is 5. The Kier molecular flexibility index (Phi) is 5.15. The molecule has 3 rings (SSSR count). The van der Waals surface area contributed by atoms with Gasteiger partial charge in [0.05, 0.1) is 11.0 Å². The third-order valence-electron chi connectivity index (χ3n) is 2.93. The summed E-state index contributed by atoms with van der Waals surface area (Å²) in [6, 6.07) is 4.46. The Morgan fingerprint density at radius 2 is 2.08 bits per heavy atom. The number of fused-ring (bicyclic) bond motifs is 1. The maximum Gasteiger partial charge on any atom is 0.387 e. The Bertz CT molecular complexity index is 934. The molecule has 0 saturated heterocycles. The van der Waals surface area contributed by atoms with E-state index < -0.39 is 18.2 Å². The first-order chi connectivity index (χ1) is 12.2. The zero-order valence-corrected chi connectivity index (χ0v) is 15.7. The van der Waals surface area contributed by atoms with Gasteiger partial charge >= 0.3 is 12.6 Å². The monoisotopic (exact) mass is 399 g/mol. The topological polar surface area (TPSA) is 77.1 Å². The number of hydrogen-bond acceptors (Lipinski definition) is 7. The van der Waals surface area contributed by atoms with Crippen molar-refractivity contribution in [2.24, 2.45) is 0 Å². The molecule has 0 atom stereocenters.